The topological polar surface area (TPSA) is 96.5 Å². The summed E-state index contributed by atoms with van der Waals surface area (Å²) in [5.74, 6) is 1.05. The second-order valence-corrected chi connectivity index (χ2v) is 10.3. The Bertz CT molecular complexity index is 1040. The van der Waals surface area contributed by atoms with E-state index in [1.165, 1.54) is 7.11 Å². The maximum atomic E-state index is 12.9. The van der Waals surface area contributed by atoms with Gasteiger partial charge in [-0.15, -0.1) is 0 Å². The number of methoxy groups -OCH3 is 1. The molecule has 0 aliphatic carbocycles. The third-order valence-corrected chi connectivity index (χ3v) is 8.04. The summed E-state index contributed by atoms with van der Waals surface area (Å²) in [5, 5.41) is 9.81. The molecule has 8 heteroatoms. The molecule has 166 valence electrons. The second-order valence-electron chi connectivity index (χ2n) is 8.31. The molecule has 3 N–H and O–H groups in total. The summed E-state index contributed by atoms with van der Waals surface area (Å²) in [6.45, 7) is 4.19. The lowest BCUT2D eigenvalue weighted by atomic mass is 9.94. The van der Waals surface area contributed by atoms with Crippen LogP contribution >= 0.6 is 0 Å². The number of hydrogen-bond donors (Lipinski definition) is 3. The first-order chi connectivity index (χ1) is 14.9. The molecule has 3 unspecified atom stereocenters. The van der Waals surface area contributed by atoms with Gasteiger partial charge in [-0.2, -0.15) is 0 Å². The number of rotatable bonds is 6. The van der Waals surface area contributed by atoms with Crippen molar-refractivity contribution in [3.63, 3.8) is 0 Å². The van der Waals surface area contributed by atoms with E-state index in [4.69, 9.17) is 4.74 Å². The summed E-state index contributed by atoms with van der Waals surface area (Å²) in [5.41, 5.74) is 1.73. The molecule has 0 saturated carbocycles. The van der Waals surface area contributed by atoms with E-state index in [1.807, 2.05) is 6.92 Å². The van der Waals surface area contributed by atoms with Crippen molar-refractivity contribution in [1.29, 1.82) is 0 Å². The molecule has 2 aliphatic rings. The van der Waals surface area contributed by atoms with Crippen LogP contribution < -0.4 is 20.7 Å². The Balaban J connectivity index is 1.38. The highest BCUT2D eigenvalue weighted by atomic mass is 32.2. The smallest absolute Gasteiger partial charge is 0.237 e. The molecule has 0 aromatic heterocycles. The standard InChI is InChI=1S/C23H29N3O4S/c1-15-3-6-19(12-22(15)30-2)31(28,29)18-7-4-16(5-8-18)13-25-23(27)21-11-17-14-24-10-9-20(17)26-21/h3-8,12,17,20-21,24,26H,9-11,13-14H2,1-2H3,(H,25,27). The number of sulfone groups is 1. The van der Waals surface area contributed by atoms with Crippen molar-refractivity contribution < 1.29 is 17.9 Å². The fourth-order valence-corrected chi connectivity index (χ4v) is 5.68. The van der Waals surface area contributed by atoms with Crippen molar-refractivity contribution in [3.8, 4) is 5.75 Å². The van der Waals surface area contributed by atoms with E-state index in [9.17, 15) is 13.2 Å². The van der Waals surface area contributed by atoms with E-state index in [0.717, 1.165) is 37.1 Å². The molecular weight excluding hydrogens is 414 g/mol. The van der Waals surface area contributed by atoms with Crippen molar-refractivity contribution in [3.05, 3.63) is 53.6 Å². The molecule has 2 aromatic carbocycles. The SMILES string of the molecule is COc1cc(S(=O)(=O)c2ccc(CNC(=O)C3CC4CNCCC4N3)cc2)ccc1C. The van der Waals surface area contributed by atoms with Crippen LogP contribution in [0.2, 0.25) is 0 Å². The van der Waals surface area contributed by atoms with E-state index < -0.39 is 9.84 Å². The van der Waals surface area contributed by atoms with Gasteiger partial charge in [-0.25, -0.2) is 8.42 Å². The maximum absolute atomic E-state index is 12.9. The van der Waals surface area contributed by atoms with Crippen LogP contribution in [-0.4, -0.2) is 46.6 Å². The minimum absolute atomic E-state index is 0.00199. The first kappa shape index (κ1) is 21.8. The van der Waals surface area contributed by atoms with Crippen LogP contribution in [0.1, 0.15) is 24.0 Å². The van der Waals surface area contributed by atoms with E-state index in [0.29, 0.717) is 24.3 Å². The van der Waals surface area contributed by atoms with Gasteiger partial charge in [0.25, 0.3) is 0 Å². The highest BCUT2D eigenvalue weighted by molar-refractivity contribution is 7.91. The summed E-state index contributed by atoms with van der Waals surface area (Å²) in [7, 11) is -2.12. The van der Waals surface area contributed by atoms with Crippen molar-refractivity contribution in [2.45, 2.75) is 48.2 Å². The molecule has 31 heavy (non-hydrogen) atoms. The van der Waals surface area contributed by atoms with Gasteiger partial charge < -0.3 is 20.7 Å². The van der Waals surface area contributed by atoms with Crippen LogP contribution in [0.25, 0.3) is 0 Å². The molecule has 0 radical (unpaired) electrons. The Labute approximate surface area is 183 Å². The van der Waals surface area contributed by atoms with Crippen molar-refractivity contribution >= 4 is 15.7 Å². The molecule has 2 heterocycles. The van der Waals surface area contributed by atoms with Crippen LogP contribution in [0.15, 0.2) is 52.3 Å². The largest absolute Gasteiger partial charge is 0.496 e. The first-order valence-electron chi connectivity index (χ1n) is 10.6. The zero-order valence-corrected chi connectivity index (χ0v) is 18.7. The molecule has 2 aromatic rings. The molecule has 2 fully saturated rings. The van der Waals surface area contributed by atoms with Gasteiger partial charge in [0.2, 0.25) is 15.7 Å². The van der Waals surface area contributed by atoms with Crippen LogP contribution in [0, 0.1) is 12.8 Å². The molecule has 3 atom stereocenters. The number of piperidine rings is 1. The summed E-state index contributed by atoms with van der Waals surface area (Å²) in [6.07, 6.45) is 1.90. The van der Waals surface area contributed by atoms with Crippen molar-refractivity contribution in [2.24, 2.45) is 5.92 Å². The van der Waals surface area contributed by atoms with Gasteiger partial charge in [0.15, 0.2) is 0 Å². The highest BCUT2D eigenvalue weighted by Crippen LogP contribution is 2.27. The Morgan fingerprint density at radius 2 is 1.90 bits per heavy atom. The van der Waals surface area contributed by atoms with Gasteiger partial charge in [-0.05, 0) is 74.2 Å². The number of carbonyl (C=O) groups excluding carboxylic acids is 1. The van der Waals surface area contributed by atoms with Crippen molar-refractivity contribution in [2.75, 3.05) is 20.2 Å². The maximum Gasteiger partial charge on any atom is 0.237 e. The second kappa shape index (κ2) is 8.98. The Morgan fingerprint density at radius 1 is 1.16 bits per heavy atom. The minimum Gasteiger partial charge on any atom is -0.496 e. The monoisotopic (exact) mass is 443 g/mol. The lowest BCUT2D eigenvalue weighted by Crippen LogP contribution is -2.45. The van der Waals surface area contributed by atoms with Gasteiger partial charge in [0.1, 0.15) is 5.75 Å². The fourth-order valence-electron chi connectivity index (χ4n) is 4.40. The molecule has 4 rings (SSSR count). The van der Waals surface area contributed by atoms with Gasteiger partial charge >= 0.3 is 0 Å². The van der Waals surface area contributed by atoms with E-state index in [-0.39, 0.29) is 21.7 Å². The summed E-state index contributed by atoms with van der Waals surface area (Å²) >= 11 is 0. The summed E-state index contributed by atoms with van der Waals surface area (Å²) < 4.78 is 31.1. The summed E-state index contributed by atoms with van der Waals surface area (Å²) in [6, 6.07) is 11.8. The Hall–Kier alpha value is -2.42. The summed E-state index contributed by atoms with van der Waals surface area (Å²) in [4.78, 5) is 13.0. The average molecular weight is 444 g/mol. The van der Waals surface area contributed by atoms with E-state index in [1.54, 1.807) is 42.5 Å². The molecule has 0 bridgehead atoms. The quantitative estimate of drug-likeness (QED) is 0.630. The van der Waals surface area contributed by atoms with E-state index >= 15 is 0 Å². The average Bonchev–Trinajstić information content (AvgIpc) is 3.22. The predicted octanol–water partition coefficient (Wildman–Crippen LogP) is 1.79. The fraction of sp³-hybridized carbons (Fsp3) is 0.435. The normalized spacial score (nSPS) is 23.2. The lowest BCUT2D eigenvalue weighted by Gasteiger charge is -2.25. The van der Waals surface area contributed by atoms with Gasteiger partial charge in [-0.3, -0.25) is 4.79 Å². The highest BCUT2D eigenvalue weighted by Gasteiger charge is 2.38. The number of ether oxygens (including phenoxy) is 1. The number of nitrogens with one attached hydrogen (secondary N) is 3. The van der Waals surface area contributed by atoms with Crippen LogP contribution in [0.4, 0.5) is 0 Å². The number of hydrogen-bond acceptors (Lipinski definition) is 6. The third kappa shape index (κ3) is 4.61. The van der Waals surface area contributed by atoms with Gasteiger partial charge in [-0.1, -0.05) is 18.2 Å². The molecule has 2 aliphatic heterocycles. The van der Waals surface area contributed by atoms with Crippen LogP contribution in [0.3, 0.4) is 0 Å². The first-order valence-corrected chi connectivity index (χ1v) is 12.1. The molecule has 1 amide bonds. The molecular formula is C23H29N3O4S. The van der Waals surface area contributed by atoms with Gasteiger partial charge in [0.05, 0.1) is 22.9 Å². The molecule has 2 saturated heterocycles. The van der Waals surface area contributed by atoms with Crippen LogP contribution in [-0.2, 0) is 21.2 Å². The molecule has 0 spiro atoms. The number of aryl methyl sites for hydroxylation is 1. The van der Waals surface area contributed by atoms with Gasteiger partial charge in [0, 0.05) is 12.6 Å². The Kier molecular flexibility index (Phi) is 6.31. The van der Waals surface area contributed by atoms with Crippen LogP contribution in [0.5, 0.6) is 5.75 Å². The number of amides is 1. The number of benzene rings is 2. The zero-order chi connectivity index (χ0) is 22.0. The van der Waals surface area contributed by atoms with E-state index in [2.05, 4.69) is 16.0 Å². The number of carbonyl (C=O) groups is 1. The Morgan fingerprint density at radius 3 is 2.61 bits per heavy atom. The minimum atomic E-state index is -3.64. The third-order valence-electron chi connectivity index (χ3n) is 6.27. The molecule has 7 nitrogen and oxygen atoms in total. The zero-order valence-electron chi connectivity index (χ0n) is 17.9. The number of fused-ring (bicyclic) bond motifs is 1. The lowest BCUT2D eigenvalue weighted by molar-refractivity contribution is -0.123. The van der Waals surface area contributed by atoms with Crippen molar-refractivity contribution in [1.82, 2.24) is 16.0 Å². The predicted molar refractivity (Wildman–Crippen MR) is 118 cm³/mol.